The van der Waals surface area contributed by atoms with Crippen molar-refractivity contribution >= 4 is 5.91 Å². The minimum atomic E-state index is -0.247. The van der Waals surface area contributed by atoms with E-state index in [1.165, 1.54) is 44.2 Å². The molecule has 8 nitrogen and oxygen atoms in total. The molecule has 160 valence electrons. The average molecular weight is 412 g/mol. The third-order valence-corrected chi connectivity index (χ3v) is 6.57. The largest absolute Gasteiger partial charge is 0.508 e. The molecule has 0 radical (unpaired) electrons. The van der Waals surface area contributed by atoms with E-state index in [0.717, 1.165) is 18.0 Å². The number of benzene rings is 1. The Morgan fingerprint density at radius 1 is 1.17 bits per heavy atom. The van der Waals surface area contributed by atoms with Gasteiger partial charge in [0.05, 0.1) is 24.9 Å². The summed E-state index contributed by atoms with van der Waals surface area (Å²) in [6.45, 7) is 0.875. The lowest BCUT2D eigenvalue weighted by Crippen LogP contribution is -2.44. The maximum absolute atomic E-state index is 12.5. The van der Waals surface area contributed by atoms with Crippen LogP contribution in [-0.2, 0) is 15.9 Å². The Hall–Kier alpha value is -2.45. The van der Waals surface area contributed by atoms with E-state index in [4.69, 9.17) is 9.47 Å². The normalized spacial score (nSPS) is 29.1. The number of carbonyl (C=O) groups excluding carboxylic acids is 1. The van der Waals surface area contributed by atoms with Crippen LogP contribution < -0.4 is 5.32 Å². The van der Waals surface area contributed by atoms with Gasteiger partial charge >= 0.3 is 0 Å². The highest BCUT2D eigenvalue weighted by Gasteiger charge is 2.49. The van der Waals surface area contributed by atoms with Crippen LogP contribution in [0.3, 0.4) is 0 Å². The summed E-state index contributed by atoms with van der Waals surface area (Å²) in [5, 5.41) is 21.3. The number of phenols is 1. The van der Waals surface area contributed by atoms with Crippen molar-refractivity contribution in [2.45, 2.75) is 62.8 Å². The molecule has 4 unspecified atom stereocenters. The van der Waals surface area contributed by atoms with Crippen LogP contribution in [0.5, 0.6) is 5.75 Å². The van der Waals surface area contributed by atoms with Crippen molar-refractivity contribution in [1.82, 2.24) is 20.3 Å². The minimum Gasteiger partial charge on any atom is -0.508 e. The molecule has 3 aliphatic rings. The number of rotatable bonds is 5. The molecular formula is C22H28N4O4. The summed E-state index contributed by atoms with van der Waals surface area (Å²) < 4.78 is 13.9. The van der Waals surface area contributed by atoms with Gasteiger partial charge in [0.2, 0.25) is 0 Å². The van der Waals surface area contributed by atoms with Gasteiger partial charge in [-0.3, -0.25) is 4.79 Å². The van der Waals surface area contributed by atoms with Crippen LogP contribution in [0.25, 0.3) is 0 Å². The van der Waals surface area contributed by atoms with Crippen molar-refractivity contribution in [3.05, 3.63) is 41.7 Å². The number of hydrogen-bond acceptors (Lipinski definition) is 6. The second kappa shape index (κ2) is 8.35. The predicted molar refractivity (Wildman–Crippen MR) is 108 cm³/mol. The lowest BCUT2D eigenvalue weighted by molar-refractivity contribution is 0.0613. The van der Waals surface area contributed by atoms with Crippen LogP contribution in [0.1, 0.15) is 54.2 Å². The lowest BCUT2D eigenvalue weighted by Gasteiger charge is -2.20. The van der Waals surface area contributed by atoms with Crippen molar-refractivity contribution in [3.63, 3.8) is 0 Å². The molecule has 1 saturated carbocycles. The molecule has 0 bridgehead atoms. The maximum atomic E-state index is 12.5. The SMILES string of the molecule is O=C(NC1COC2C1OCC2n1cc(CC2CCCCC2)nn1)c1cccc(O)c1. The van der Waals surface area contributed by atoms with Gasteiger partial charge in [0.15, 0.2) is 0 Å². The summed E-state index contributed by atoms with van der Waals surface area (Å²) in [5.74, 6) is 0.537. The van der Waals surface area contributed by atoms with Crippen molar-refractivity contribution in [3.8, 4) is 5.75 Å². The number of aromatic nitrogens is 3. The highest BCUT2D eigenvalue weighted by Crippen LogP contribution is 2.34. The number of fused-ring (bicyclic) bond motifs is 1. The van der Waals surface area contributed by atoms with Crippen molar-refractivity contribution in [2.75, 3.05) is 13.2 Å². The van der Waals surface area contributed by atoms with E-state index in [2.05, 4.69) is 15.6 Å². The van der Waals surface area contributed by atoms with Crippen molar-refractivity contribution in [2.24, 2.45) is 5.92 Å². The first-order valence-electron chi connectivity index (χ1n) is 10.9. The molecule has 2 saturated heterocycles. The summed E-state index contributed by atoms with van der Waals surface area (Å²) >= 11 is 0. The number of amides is 1. The number of phenolic OH excluding ortho intramolecular Hbond substituents is 1. The van der Waals surface area contributed by atoms with Gasteiger partial charge < -0.3 is 19.9 Å². The number of nitrogens with zero attached hydrogens (tertiary/aromatic N) is 3. The zero-order valence-electron chi connectivity index (χ0n) is 16.9. The summed E-state index contributed by atoms with van der Waals surface area (Å²) in [7, 11) is 0. The summed E-state index contributed by atoms with van der Waals surface area (Å²) in [5.41, 5.74) is 1.45. The Balaban J connectivity index is 1.21. The number of ether oxygens (including phenoxy) is 2. The lowest BCUT2D eigenvalue weighted by atomic mass is 9.86. The molecule has 0 spiro atoms. The van der Waals surface area contributed by atoms with Crippen molar-refractivity contribution < 1.29 is 19.4 Å². The molecule has 8 heteroatoms. The van der Waals surface area contributed by atoms with E-state index in [1.807, 2.05) is 10.9 Å². The molecular weight excluding hydrogens is 384 g/mol. The highest BCUT2D eigenvalue weighted by molar-refractivity contribution is 5.94. The van der Waals surface area contributed by atoms with E-state index in [9.17, 15) is 9.90 Å². The van der Waals surface area contributed by atoms with E-state index < -0.39 is 0 Å². The topological polar surface area (TPSA) is 98.5 Å². The number of aromatic hydroxyl groups is 1. The first-order chi connectivity index (χ1) is 14.7. The second-order valence-corrected chi connectivity index (χ2v) is 8.69. The van der Waals surface area contributed by atoms with Crippen LogP contribution in [0, 0.1) is 5.92 Å². The molecule has 1 amide bonds. The van der Waals surface area contributed by atoms with Crippen LogP contribution in [0.15, 0.2) is 30.5 Å². The first-order valence-corrected chi connectivity index (χ1v) is 10.9. The van der Waals surface area contributed by atoms with Gasteiger partial charge in [0.1, 0.15) is 24.0 Å². The fourth-order valence-electron chi connectivity index (χ4n) is 4.98. The highest BCUT2D eigenvalue weighted by atomic mass is 16.6. The van der Waals surface area contributed by atoms with Crippen LogP contribution in [0.4, 0.5) is 0 Å². The number of carbonyl (C=O) groups is 1. The van der Waals surface area contributed by atoms with Gasteiger partial charge in [-0.25, -0.2) is 4.68 Å². The zero-order valence-corrected chi connectivity index (χ0v) is 16.9. The fourth-order valence-corrected chi connectivity index (χ4v) is 4.98. The Kier molecular flexibility index (Phi) is 5.43. The summed E-state index contributed by atoms with van der Waals surface area (Å²) in [6.07, 6.45) is 9.21. The summed E-state index contributed by atoms with van der Waals surface area (Å²) in [4.78, 5) is 12.5. The quantitative estimate of drug-likeness (QED) is 0.782. The van der Waals surface area contributed by atoms with Gasteiger partial charge in [-0.2, -0.15) is 0 Å². The molecule has 3 heterocycles. The molecule has 2 aliphatic heterocycles. The van der Waals surface area contributed by atoms with Gasteiger partial charge in [-0.15, -0.1) is 5.10 Å². The average Bonchev–Trinajstić information content (AvgIpc) is 3.47. The Morgan fingerprint density at radius 3 is 2.83 bits per heavy atom. The van der Waals surface area contributed by atoms with Gasteiger partial charge in [0, 0.05) is 11.8 Å². The van der Waals surface area contributed by atoms with E-state index >= 15 is 0 Å². The second-order valence-electron chi connectivity index (χ2n) is 8.69. The van der Waals surface area contributed by atoms with Gasteiger partial charge in [-0.1, -0.05) is 43.4 Å². The summed E-state index contributed by atoms with van der Waals surface area (Å²) in [6, 6.07) is 6.03. The molecule has 1 aromatic carbocycles. The molecule has 1 aliphatic carbocycles. The van der Waals surface area contributed by atoms with E-state index in [1.54, 1.807) is 12.1 Å². The number of nitrogens with one attached hydrogen (secondary N) is 1. The smallest absolute Gasteiger partial charge is 0.251 e. The Labute approximate surface area is 175 Å². The molecule has 30 heavy (non-hydrogen) atoms. The predicted octanol–water partition coefficient (Wildman–Crippen LogP) is 2.24. The molecule has 4 atom stereocenters. The first kappa shape index (κ1) is 19.5. The van der Waals surface area contributed by atoms with E-state index in [0.29, 0.717) is 18.8 Å². The molecule has 3 fully saturated rings. The maximum Gasteiger partial charge on any atom is 0.251 e. The van der Waals surface area contributed by atoms with Crippen LogP contribution in [0.2, 0.25) is 0 Å². The Bertz CT molecular complexity index is 895. The van der Waals surface area contributed by atoms with E-state index in [-0.39, 0.29) is 35.9 Å². The van der Waals surface area contributed by atoms with Crippen LogP contribution in [-0.4, -0.2) is 57.5 Å². The molecule has 2 aromatic rings. The zero-order chi connectivity index (χ0) is 20.5. The van der Waals surface area contributed by atoms with Crippen LogP contribution >= 0.6 is 0 Å². The van der Waals surface area contributed by atoms with Gasteiger partial charge in [0.25, 0.3) is 5.91 Å². The third kappa shape index (κ3) is 3.94. The monoisotopic (exact) mass is 412 g/mol. The molecule has 1 aromatic heterocycles. The molecule has 2 N–H and O–H groups in total. The standard InChI is InChI=1S/C22H28N4O4/c27-17-8-4-7-15(10-17)22(28)23-18-12-29-21-19(13-30-20(18)21)26-11-16(24-25-26)9-14-5-2-1-3-6-14/h4,7-8,10-11,14,18-21,27H,1-3,5-6,9,12-13H2,(H,23,28). The Morgan fingerprint density at radius 2 is 2.00 bits per heavy atom. The number of hydrogen-bond donors (Lipinski definition) is 2. The van der Waals surface area contributed by atoms with Gasteiger partial charge in [-0.05, 0) is 30.5 Å². The fraction of sp³-hybridized carbons (Fsp3) is 0.591. The van der Waals surface area contributed by atoms with Crippen molar-refractivity contribution in [1.29, 1.82) is 0 Å². The molecule has 5 rings (SSSR count). The minimum absolute atomic E-state index is 0.0368. The third-order valence-electron chi connectivity index (χ3n) is 6.57.